The Morgan fingerprint density at radius 2 is 2.29 bits per heavy atom. The fourth-order valence-electron chi connectivity index (χ4n) is 1.49. The third kappa shape index (κ3) is 3.93. The highest BCUT2D eigenvalue weighted by atomic mass is 32.1. The molecule has 0 saturated carbocycles. The third-order valence-electron chi connectivity index (χ3n) is 2.62. The minimum Gasteiger partial charge on any atom is -0.266 e. The molecule has 8 heteroatoms. The summed E-state index contributed by atoms with van der Waals surface area (Å²) in [5.74, 6) is -0.431. The molecule has 0 aliphatic heterocycles. The lowest BCUT2D eigenvalue weighted by Crippen LogP contribution is -2.18. The number of hydrogen-bond acceptors (Lipinski definition) is 6. The maximum absolute atomic E-state index is 11.8. The second kappa shape index (κ2) is 6.71. The van der Waals surface area contributed by atoms with E-state index in [4.69, 9.17) is 0 Å². The average molecular weight is 304 g/mol. The van der Waals surface area contributed by atoms with Gasteiger partial charge in [-0.25, -0.2) is 5.43 Å². The number of nitrogens with one attached hydrogen (secondary N) is 1. The van der Waals surface area contributed by atoms with Gasteiger partial charge in [0.05, 0.1) is 16.0 Å². The van der Waals surface area contributed by atoms with E-state index in [9.17, 15) is 14.9 Å². The van der Waals surface area contributed by atoms with Gasteiger partial charge in [0, 0.05) is 12.3 Å². The lowest BCUT2D eigenvalue weighted by atomic mass is 10.2. The van der Waals surface area contributed by atoms with E-state index >= 15 is 0 Å². The van der Waals surface area contributed by atoms with E-state index in [-0.39, 0.29) is 10.7 Å². The van der Waals surface area contributed by atoms with Crippen LogP contribution >= 0.6 is 11.3 Å². The van der Waals surface area contributed by atoms with Gasteiger partial charge in [0.1, 0.15) is 5.69 Å². The number of amides is 1. The molecule has 1 N–H and O–H groups in total. The third-order valence-corrected chi connectivity index (χ3v) is 3.59. The van der Waals surface area contributed by atoms with E-state index in [1.807, 2.05) is 13.0 Å². The molecular formula is C13H12N4O3S. The molecule has 0 bridgehead atoms. The van der Waals surface area contributed by atoms with Crippen molar-refractivity contribution in [2.24, 2.45) is 5.10 Å². The summed E-state index contributed by atoms with van der Waals surface area (Å²) in [5.41, 5.74) is 3.64. The van der Waals surface area contributed by atoms with Crippen LogP contribution in [-0.4, -0.2) is 22.0 Å². The SMILES string of the molecule is CCc1ccc(C(=O)N/N=C\c2ccc([N+](=O)[O-])s2)nc1. The topological polar surface area (TPSA) is 97.5 Å². The number of hydrogen-bond donors (Lipinski definition) is 1. The first-order chi connectivity index (χ1) is 10.1. The Morgan fingerprint density at radius 3 is 2.86 bits per heavy atom. The van der Waals surface area contributed by atoms with Gasteiger partial charge in [-0.1, -0.05) is 24.3 Å². The second-order valence-corrected chi connectivity index (χ2v) is 5.13. The minimum atomic E-state index is -0.472. The summed E-state index contributed by atoms with van der Waals surface area (Å²) in [6.07, 6.45) is 3.85. The molecule has 21 heavy (non-hydrogen) atoms. The Morgan fingerprint density at radius 1 is 1.48 bits per heavy atom. The predicted molar refractivity (Wildman–Crippen MR) is 79.6 cm³/mol. The molecule has 2 aromatic rings. The molecule has 0 aliphatic rings. The summed E-state index contributed by atoms with van der Waals surface area (Å²) >= 11 is 0.978. The molecule has 0 radical (unpaired) electrons. The Kier molecular flexibility index (Phi) is 4.72. The number of aromatic nitrogens is 1. The van der Waals surface area contributed by atoms with Crippen molar-refractivity contribution in [3.8, 4) is 0 Å². The number of nitro groups is 1. The molecular weight excluding hydrogens is 292 g/mol. The molecule has 0 saturated heterocycles. The Balaban J connectivity index is 1.95. The van der Waals surface area contributed by atoms with Crippen LogP contribution in [-0.2, 0) is 6.42 Å². The second-order valence-electron chi connectivity index (χ2n) is 4.04. The number of thiophene rings is 1. The van der Waals surface area contributed by atoms with E-state index < -0.39 is 10.8 Å². The summed E-state index contributed by atoms with van der Waals surface area (Å²) in [5, 5.41) is 14.3. The normalized spacial score (nSPS) is 10.7. The fourth-order valence-corrected chi connectivity index (χ4v) is 2.18. The van der Waals surface area contributed by atoms with Gasteiger partial charge < -0.3 is 0 Å². The van der Waals surface area contributed by atoms with Crippen LogP contribution in [0.1, 0.15) is 27.9 Å². The van der Waals surface area contributed by atoms with Gasteiger partial charge in [-0.3, -0.25) is 19.9 Å². The zero-order chi connectivity index (χ0) is 15.2. The molecule has 0 aromatic carbocycles. The van der Waals surface area contributed by atoms with Crippen molar-refractivity contribution in [3.63, 3.8) is 0 Å². The van der Waals surface area contributed by atoms with Crippen molar-refractivity contribution < 1.29 is 9.72 Å². The van der Waals surface area contributed by atoms with Crippen molar-refractivity contribution in [3.05, 3.63) is 56.7 Å². The summed E-state index contributed by atoms with van der Waals surface area (Å²) < 4.78 is 0. The standard InChI is InChI=1S/C13H12N4O3S/c1-2-9-3-5-11(14-7-9)13(18)16-15-8-10-4-6-12(21-10)17(19)20/h3-8H,2H2,1H3,(H,16,18)/b15-8-. The van der Waals surface area contributed by atoms with Gasteiger partial charge in [0.15, 0.2) is 0 Å². The lowest BCUT2D eigenvalue weighted by Gasteiger charge is -2.00. The van der Waals surface area contributed by atoms with Crippen LogP contribution in [0.3, 0.4) is 0 Å². The van der Waals surface area contributed by atoms with Gasteiger partial charge in [0.25, 0.3) is 5.91 Å². The molecule has 0 atom stereocenters. The van der Waals surface area contributed by atoms with Crippen LogP contribution in [0.2, 0.25) is 0 Å². The molecule has 2 heterocycles. The molecule has 2 rings (SSSR count). The Hall–Kier alpha value is -2.61. The van der Waals surface area contributed by atoms with Crippen LogP contribution in [0.4, 0.5) is 5.00 Å². The molecule has 0 fully saturated rings. The molecule has 0 spiro atoms. The number of carbonyl (C=O) groups is 1. The fraction of sp³-hybridized carbons (Fsp3) is 0.154. The van der Waals surface area contributed by atoms with E-state index in [1.54, 1.807) is 18.3 Å². The molecule has 7 nitrogen and oxygen atoms in total. The quantitative estimate of drug-likeness (QED) is 0.521. The predicted octanol–water partition coefficient (Wildman–Crippen LogP) is 2.38. The number of nitrogens with zero attached hydrogens (tertiary/aromatic N) is 3. The first-order valence-corrected chi connectivity index (χ1v) is 6.94. The summed E-state index contributed by atoms with van der Waals surface area (Å²) in [6.45, 7) is 2.00. The molecule has 2 aromatic heterocycles. The van der Waals surface area contributed by atoms with Crippen LogP contribution < -0.4 is 5.43 Å². The number of carbonyl (C=O) groups excluding carboxylic acids is 1. The van der Waals surface area contributed by atoms with Crippen LogP contribution in [0.25, 0.3) is 0 Å². The summed E-state index contributed by atoms with van der Waals surface area (Å²) in [4.78, 5) is 26.4. The zero-order valence-corrected chi connectivity index (χ0v) is 12.0. The zero-order valence-electron chi connectivity index (χ0n) is 11.1. The molecule has 0 unspecified atom stereocenters. The van der Waals surface area contributed by atoms with Crippen molar-refractivity contribution >= 4 is 28.5 Å². The van der Waals surface area contributed by atoms with Crippen LogP contribution in [0.15, 0.2) is 35.6 Å². The molecule has 108 valence electrons. The first-order valence-electron chi connectivity index (χ1n) is 6.12. The number of rotatable bonds is 5. The van der Waals surface area contributed by atoms with E-state index in [0.717, 1.165) is 23.3 Å². The number of pyridine rings is 1. The van der Waals surface area contributed by atoms with Gasteiger partial charge in [-0.15, -0.1) is 0 Å². The van der Waals surface area contributed by atoms with Crippen LogP contribution in [0.5, 0.6) is 0 Å². The highest BCUT2D eigenvalue weighted by Gasteiger charge is 2.08. The van der Waals surface area contributed by atoms with Gasteiger partial charge in [-0.2, -0.15) is 5.10 Å². The van der Waals surface area contributed by atoms with Crippen molar-refractivity contribution in [1.82, 2.24) is 10.4 Å². The smallest absolute Gasteiger partial charge is 0.266 e. The number of hydrazone groups is 1. The first kappa shape index (κ1) is 14.8. The molecule has 0 aliphatic carbocycles. The highest BCUT2D eigenvalue weighted by Crippen LogP contribution is 2.22. The monoisotopic (exact) mass is 304 g/mol. The van der Waals surface area contributed by atoms with E-state index in [0.29, 0.717) is 4.88 Å². The van der Waals surface area contributed by atoms with Gasteiger partial charge in [0.2, 0.25) is 0 Å². The summed E-state index contributed by atoms with van der Waals surface area (Å²) in [6, 6.07) is 6.40. The maximum Gasteiger partial charge on any atom is 0.324 e. The van der Waals surface area contributed by atoms with Crippen molar-refractivity contribution in [2.45, 2.75) is 13.3 Å². The van der Waals surface area contributed by atoms with Crippen molar-refractivity contribution in [2.75, 3.05) is 0 Å². The average Bonchev–Trinajstić information content (AvgIpc) is 2.96. The number of aryl methyl sites for hydroxylation is 1. The highest BCUT2D eigenvalue weighted by molar-refractivity contribution is 7.16. The van der Waals surface area contributed by atoms with Crippen molar-refractivity contribution in [1.29, 1.82) is 0 Å². The largest absolute Gasteiger partial charge is 0.324 e. The van der Waals surface area contributed by atoms with Gasteiger partial charge in [-0.05, 0) is 24.1 Å². The Labute approximate surface area is 124 Å². The van der Waals surface area contributed by atoms with Gasteiger partial charge >= 0.3 is 5.00 Å². The van der Waals surface area contributed by atoms with E-state index in [1.165, 1.54) is 12.3 Å². The molecule has 1 amide bonds. The summed E-state index contributed by atoms with van der Waals surface area (Å²) in [7, 11) is 0. The van der Waals surface area contributed by atoms with E-state index in [2.05, 4.69) is 15.5 Å². The van der Waals surface area contributed by atoms with Crippen LogP contribution in [0, 0.1) is 10.1 Å². The lowest BCUT2D eigenvalue weighted by molar-refractivity contribution is -0.380. The Bertz CT molecular complexity index is 679. The minimum absolute atomic E-state index is 0.0274. The maximum atomic E-state index is 11.8.